The Morgan fingerprint density at radius 1 is 1.09 bits per heavy atom. The van der Waals surface area contributed by atoms with Gasteiger partial charge >= 0.3 is 0 Å². The van der Waals surface area contributed by atoms with Crippen LogP contribution in [0.1, 0.15) is 18.3 Å². The van der Waals surface area contributed by atoms with E-state index in [1.54, 1.807) is 19.1 Å². The maximum absolute atomic E-state index is 13.0. The number of anilines is 1. The molecular weight excluding hydrogens is 578 g/mol. The van der Waals surface area contributed by atoms with Crippen LogP contribution in [0.4, 0.5) is 10.1 Å². The van der Waals surface area contributed by atoms with Gasteiger partial charge in [-0.15, -0.1) is 10.2 Å². The van der Waals surface area contributed by atoms with Crippen molar-refractivity contribution in [1.82, 2.24) is 20.2 Å². The first-order valence-electron chi connectivity index (χ1n) is 10.7. The third-order valence-corrected chi connectivity index (χ3v) is 6.68. The minimum absolute atomic E-state index is 0.283. The van der Waals surface area contributed by atoms with Crippen molar-refractivity contribution in [3.05, 3.63) is 99.6 Å². The molecule has 1 aromatic heterocycles. The van der Waals surface area contributed by atoms with Gasteiger partial charge in [0.25, 0.3) is 5.91 Å². The van der Waals surface area contributed by atoms with Crippen molar-refractivity contribution in [1.29, 1.82) is 0 Å². The van der Waals surface area contributed by atoms with Gasteiger partial charge in [0.2, 0.25) is 0 Å². The summed E-state index contributed by atoms with van der Waals surface area (Å²) in [7, 11) is 0. The van der Waals surface area contributed by atoms with E-state index >= 15 is 0 Å². The third kappa shape index (κ3) is 6.89. The summed E-state index contributed by atoms with van der Waals surface area (Å²) in [6, 6.07) is 23.7. The van der Waals surface area contributed by atoms with Crippen LogP contribution in [0.2, 0.25) is 0 Å². The van der Waals surface area contributed by atoms with Gasteiger partial charge in [-0.25, -0.2) is 9.82 Å². The van der Waals surface area contributed by atoms with Crippen LogP contribution in [0.25, 0.3) is 5.69 Å². The number of carbonyl (C=O) groups excluding carboxylic acids is 1. The second kappa shape index (κ2) is 11.9. The number of hydrazone groups is 1. The van der Waals surface area contributed by atoms with Gasteiger partial charge in [0.15, 0.2) is 11.0 Å². The van der Waals surface area contributed by atoms with Crippen molar-refractivity contribution in [2.24, 2.45) is 5.10 Å². The molecular formula is C25H22FIN6OS. The van der Waals surface area contributed by atoms with E-state index in [0.717, 1.165) is 20.8 Å². The Hall–Kier alpha value is -3.25. The lowest BCUT2D eigenvalue weighted by atomic mass is 10.2. The van der Waals surface area contributed by atoms with E-state index in [1.165, 1.54) is 30.1 Å². The van der Waals surface area contributed by atoms with Crippen LogP contribution in [0.5, 0.6) is 0 Å². The Balaban J connectivity index is 1.46. The molecule has 0 aliphatic heterocycles. The molecule has 35 heavy (non-hydrogen) atoms. The molecule has 1 heterocycles. The molecule has 2 N–H and O–H groups in total. The van der Waals surface area contributed by atoms with Crippen molar-refractivity contribution in [2.45, 2.75) is 23.9 Å². The predicted octanol–water partition coefficient (Wildman–Crippen LogP) is 5.25. The first-order valence-corrected chi connectivity index (χ1v) is 12.7. The van der Waals surface area contributed by atoms with Gasteiger partial charge in [0, 0.05) is 14.9 Å². The lowest BCUT2D eigenvalue weighted by molar-refractivity contribution is -0.120. The number of hydrogen-bond acceptors (Lipinski definition) is 6. The van der Waals surface area contributed by atoms with Gasteiger partial charge in [-0.3, -0.25) is 9.36 Å². The monoisotopic (exact) mass is 600 g/mol. The number of hydrogen-bond donors (Lipinski definition) is 2. The number of halogens is 2. The molecule has 1 atom stereocenters. The normalized spacial score (nSPS) is 12.0. The maximum Gasteiger partial charge on any atom is 0.253 e. The van der Waals surface area contributed by atoms with Crippen LogP contribution in [-0.2, 0) is 11.3 Å². The molecule has 3 aromatic carbocycles. The molecule has 4 rings (SSSR count). The Morgan fingerprint density at radius 3 is 2.51 bits per heavy atom. The van der Waals surface area contributed by atoms with Gasteiger partial charge in [-0.1, -0.05) is 42.1 Å². The maximum atomic E-state index is 13.0. The highest BCUT2D eigenvalue weighted by atomic mass is 127. The standard InChI is InChI=1S/C25H22FIN6OS/c1-17(24(34)31-29-15-18-7-9-19(26)10-8-18)35-25-32-30-23(33(25)22-5-3-2-4-6-22)16-28-21-13-11-20(27)12-14-21/h2-15,17,28H,16H2,1H3,(H,31,34)/b29-15+. The average molecular weight is 600 g/mol. The number of thioether (sulfide) groups is 1. The topological polar surface area (TPSA) is 84.2 Å². The van der Waals surface area contributed by atoms with Crippen molar-refractivity contribution < 1.29 is 9.18 Å². The molecule has 0 aliphatic carbocycles. The molecule has 0 saturated carbocycles. The Bertz CT molecular complexity index is 1300. The summed E-state index contributed by atoms with van der Waals surface area (Å²) in [5.41, 5.74) is 5.09. The Kier molecular flexibility index (Phi) is 8.48. The largest absolute Gasteiger partial charge is 0.378 e. The van der Waals surface area contributed by atoms with Gasteiger partial charge < -0.3 is 5.32 Å². The molecule has 0 fully saturated rings. The molecule has 0 aliphatic rings. The van der Waals surface area contributed by atoms with Crippen molar-refractivity contribution >= 4 is 52.2 Å². The second-order valence-electron chi connectivity index (χ2n) is 7.48. The quantitative estimate of drug-likeness (QED) is 0.119. The zero-order chi connectivity index (χ0) is 24.6. The van der Waals surface area contributed by atoms with E-state index < -0.39 is 5.25 Å². The van der Waals surface area contributed by atoms with Gasteiger partial charge in [-0.05, 0) is 83.6 Å². The first kappa shape index (κ1) is 24.9. The van der Waals surface area contributed by atoms with Gasteiger partial charge in [0.1, 0.15) is 5.82 Å². The second-order valence-corrected chi connectivity index (χ2v) is 10.0. The minimum Gasteiger partial charge on any atom is -0.378 e. The number of amides is 1. The molecule has 0 saturated heterocycles. The highest BCUT2D eigenvalue weighted by Crippen LogP contribution is 2.26. The molecule has 1 amide bonds. The number of benzene rings is 3. The van der Waals surface area contributed by atoms with Crippen molar-refractivity contribution in [3.8, 4) is 5.69 Å². The highest BCUT2D eigenvalue weighted by molar-refractivity contribution is 14.1. The lowest BCUT2D eigenvalue weighted by Crippen LogP contribution is -2.27. The molecule has 1 unspecified atom stereocenters. The van der Waals surface area contributed by atoms with Crippen molar-refractivity contribution in [2.75, 3.05) is 5.32 Å². The lowest BCUT2D eigenvalue weighted by Gasteiger charge is -2.13. The van der Waals surface area contributed by atoms with E-state index in [4.69, 9.17) is 0 Å². The molecule has 7 nitrogen and oxygen atoms in total. The zero-order valence-electron chi connectivity index (χ0n) is 18.7. The summed E-state index contributed by atoms with van der Waals surface area (Å²) in [6.45, 7) is 2.24. The summed E-state index contributed by atoms with van der Waals surface area (Å²) in [4.78, 5) is 12.6. The fourth-order valence-corrected chi connectivity index (χ4v) is 4.34. The van der Waals surface area contributed by atoms with E-state index in [9.17, 15) is 9.18 Å². The fourth-order valence-electron chi connectivity index (χ4n) is 3.10. The molecule has 4 aromatic rings. The number of nitrogens with zero attached hydrogens (tertiary/aromatic N) is 4. The number of para-hydroxylation sites is 1. The smallest absolute Gasteiger partial charge is 0.253 e. The van der Waals surface area contributed by atoms with E-state index in [1.807, 2.05) is 59.2 Å². The summed E-state index contributed by atoms with van der Waals surface area (Å²) in [5, 5.41) is 16.2. The first-order chi connectivity index (χ1) is 17.0. The molecule has 178 valence electrons. The fraction of sp³-hybridized carbons (Fsp3) is 0.120. The highest BCUT2D eigenvalue weighted by Gasteiger charge is 2.21. The SMILES string of the molecule is CC(Sc1nnc(CNc2ccc(I)cc2)n1-c1ccccc1)C(=O)N/N=C/c1ccc(F)cc1. The minimum atomic E-state index is -0.482. The third-order valence-electron chi connectivity index (χ3n) is 4.92. The van der Waals surface area contributed by atoms with Crippen LogP contribution in [0.3, 0.4) is 0 Å². The van der Waals surface area contributed by atoms with Crippen molar-refractivity contribution in [3.63, 3.8) is 0 Å². The summed E-state index contributed by atoms with van der Waals surface area (Å²) < 4.78 is 16.1. The summed E-state index contributed by atoms with van der Waals surface area (Å²) in [5.74, 6) is 0.112. The average Bonchev–Trinajstić information content (AvgIpc) is 3.27. The van der Waals surface area contributed by atoms with Crippen LogP contribution in [0, 0.1) is 9.39 Å². The van der Waals surface area contributed by atoms with Crippen LogP contribution >= 0.6 is 34.4 Å². The molecule has 0 bridgehead atoms. The Morgan fingerprint density at radius 2 is 1.80 bits per heavy atom. The summed E-state index contributed by atoms with van der Waals surface area (Å²) in [6.07, 6.45) is 1.47. The number of nitrogens with one attached hydrogen (secondary N) is 2. The van der Waals surface area contributed by atoms with E-state index in [0.29, 0.717) is 17.3 Å². The zero-order valence-corrected chi connectivity index (χ0v) is 21.7. The number of aromatic nitrogens is 3. The van der Waals surface area contributed by atoms with Crippen LogP contribution in [-0.4, -0.2) is 32.1 Å². The van der Waals surface area contributed by atoms with Crippen LogP contribution < -0.4 is 10.7 Å². The van der Waals surface area contributed by atoms with Gasteiger partial charge in [-0.2, -0.15) is 5.10 Å². The molecule has 0 radical (unpaired) electrons. The molecule has 10 heteroatoms. The summed E-state index contributed by atoms with van der Waals surface area (Å²) >= 11 is 3.56. The number of rotatable bonds is 9. The van der Waals surface area contributed by atoms with Gasteiger partial charge in [0.05, 0.1) is 18.0 Å². The molecule has 0 spiro atoms. The predicted molar refractivity (Wildman–Crippen MR) is 145 cm³/mol. The number of carbonyl (C=O) groups is 1. The van der Waals surface area contributed by atoms with E-state index in [-0.39, 0.29) is 11.7 Å². The van der Waals surface area contributed by atoms with Crippen LogP contribution in [0.15, 0.2) is 89.1 Å². The Labute approximate surface area is 220 Å². The van der Waals surface area contributed by atoms with E-state index in [2.05, 4.69) is 48.6 Å².